The molecule has 1 saturated heterocycles. The Morgan fingerprint density at radius 2 is 1.77 bits per heavy atom. The summed E-state index contributed by atoms with van der Waals surface area (Å²) in [5, 5.41) is 44.3. The summed E-state index contributed by atoms with van der Waals surface area (Å²) in [4.78, 5) is 0. The zero-order valence-electron chi connectivity index (χ0n) is 11.8. The molecular formula is C14H20N2O5S. The smallest absolute Gasteiger partial charge is 0.168 e. The molecule has 0 radical (unpaired) electrons. The number of aliphatic hydroxyl groups excluding tert-OH is 4. The van der Waals surface area contributed by atoms with Gasteiger partial charge in [0, 0.05) is 6.54 Å². The molecule has 2 rings (SSSR count). The molecule has 1 aromatic rings. The largest absolute Gasteiger partial charge is 0.394 e. The van der Waals surface area contributed by atoms with Crippen LogP contribution in [0, 0.1) is 0 Å². The standard InChI is InChI=1S/C14H20N2O5S/c17-7-9-10(18)11(19)12(20)13(21-9)16-14(22)15-6-8-4-2-1-3-5-8/h1-5,9-13,17-20H,6-7H2,(H2,15,16,22)/t9-,10-,11+,12+,13-/m1/s1. The highest BCUT2D eigenvalue weighted by Gasteiger charge is 2.43. The molecule has 0 spiro atoms. The lowest BCUT2D eigenvalue weighted by Crippen LogP contribution is -2.63. The summed E-state index contributed by atoms with van der Waals surface area (Å²) in [5.74, 6) is 0. The highest BCUT2D eigenvalue weighted by Crippen LogP contribution is 2.19. The van der Waals surface area contributed by atoms with E-state index in [4.69, 9.17) is 22.1 Å². The Labute approximate surface area is 133 Å². The third-order valence-electron chi connectivity index (χ3n) is 3.46. The second-order valence-corrected chi connectivity index (χ2v) is 5.47. The average Bonchev–Trinajstić information content (AvgIpc) is 2.54. The SMILES string of the molecule is OC[C@H]1O[C@@H](NC(=S)NCc2ccccc2)[C@@H](O)[C@@H](O)[C@@H]1O. The third-order valence-corrected chi connectivity index (χ3v) is 3.72. The molecule has 0 aliphatic carbocycles. The van der Waals surface area contributed by atoms with Crippen LogP contribution in [-0.2, 0) is 11.3 Å². The molecule has 0 amide bonds. The first-order valence-corrected chi connectivity index (χ1v) is 7.32. The Balaban J connectivity index is 1.87. The molecule has 7 nitrogen and oxygen atoms in total. The highest BCUT2D eigenvalue weighted by molar-refractivity contribution is 7.80. The van der Waals surface area contributed by atoms with Crippen LogP contribution >= 0.6 is 12.2 Å². The first kappa shape index (κ1) is 17.1. The van der Waals surface area contributed by atoms with Crippen LogP contribution in [0.15, 0.2) is 30.3 Å². The van der Waals surface area contributed by atoms with Crippen LogP contribution in [0.5, 0.6) is 0 Å². The molecule has 8 heteroatoms. The van der Waals surface area contributed by atoms with E-state index >= 15 is 0 Å². The third kappa shape index (κ3) is 4.13. The lowest BCUT2D eigenvalue weighted by molar-refractivity contribution is -0.232. The number of benzene rings is 1. The Morgan fingerprint density at radius 1 is 1.09 bits per heavy atom. The van der Waals surface area contributed by atoms with Crippen molar-refractivity contribution in [1.82, 2.24) is 10.6 Å². The molecule has 6 N–H and O–H groups in total. The molecule has 0 bridgehead atoms. The molecule has 0 aromatic heterocycles. The van der Waals surface area contributed by atoms with Crippen LogP contribution in [0.4, 0.5) is 0 Å². The van der Waals surface area contributed by atoms with Crippen molar-refractivity contribution < 1.29 is 25.2 Å². The van der Waals surface area contributed by atoms with Gasteiger partial charge in [0.2, 0.25) is 0 Å². The van der Waals surface area contributed by atoms with E-state index in [0.717, 1.165) is 5.56 Å². The number of thiocarbonyl (C=S) groups is 1. The van der Waals surface area contributed by atoms with Gasteiger partial charge in [0.15, 0.2) is 11.3 Å². The van der Waals surface area contributed by atoms with E-state index in [9.17, 15) is 15.3 Å². The predicted molar refractivity (Wildman–Crippen MR) is 82.8 cm³/mol. The van der Waals surface area contributed by atoms with Crippen LogP contribution in [0.25, 0.3) is 0 Å². The van der Waals surface area contributed by atoms with Gasteiger partial charge in [-0.3, -0.25) is 0 Å². The van der Waals surface area contributed by atoms with Crippen molar-refractivity contribution in [3.8, 4) is 0 Å². The van der Waals surface area contributed by atoms with Crippen molar-refractivity contribution in [2.24, 2.45) is 0 Å². The molecule has 1 heterocycles. The molecule has 1 aliphatic rings. The van der Waals surface area contributed by atoms with Crippen molar-refractivity contribution >= 4 is 17.3 Å². The maximum Gasteiger partial charge on any atom is 0.168 e. The first-order valence-electron chi connectivity index (χ1n) is 6.91. The van der Waals surface area contributed by atoms with Gasteiger partial charge in [0.1, 0.15) is 24.4 Å². The predicted octanol–water partition coefficient (Wildman–Crippen LogP) is -1.55. The van der Waals surface area contributed by atoms with Crippen molar-refractivity contribution in [2.45, 2.75) is 37.2 Å². The van der Waals surface area contributed by atoms with Crippen LogP contribution in [0.2, 0.25) is 0 Å². The Bertz CT molecular complexity index is 487. The minimum Gasteiger partial charge on any atom is -0.394 e. The van der Waals surface area contributed by atoms with Gasteiger partial charge in [0.25, 0.3) is 0 Å². The monoisotopic (exact) mass is 328 g/mol. The summed E-state index contributed by atoms with van der Waals surface area (Å²) in [7, 11) is 0. The number of aliphatic hydroxyl groups is 4. The lowest BCUT2D eigenvalue weighted by atomic mass is 9.98. The second-order valence-electron chi connectivity index (χ2n) is 5.06. The van der Waals surface area contributed by atoms with Crippen LogP contribution < -0.4 is 10.6 Å². The minimum absolute atomic E-state index is 0.230. The van der Waals surface area contributed by atoms with E-state index in [1.54, 1.807) is 0 Å². The molecule has 22 heavy (non-hydrogen) atoms. The maximum atomic E-state index is 9.89. The van der Waals surface area contributed by atoms with Crippen LogP contribution in [-0.4, -0.2) is 62.8 Å². The first-order chi connectivity index (χ1) is 10.5. The second kappa shape index (κ2) is 7.82. The summed E-state index contributed by atoms with van der Waals surface area (Å²) >= 11 is 5.11. The molecular weight excluding hydrogens is 308 g/mol. The van der Waals surface area contributed by atoms with Crippen molar-refractivity contribution in [2.75, 3.05) is 6.61 Å². The van der Waals surface area contributed by atoms with Gasteiger partial charge in [-0.25, -0.2) is 0 Å². The quantitative estimate of drug-likeness (QED) is 0.368. The van der Waals surface area contributed by atoms with Crippen LogP contribution in [0.3, 0.4) is 0 Å². The molecule has 0 saturated carbocycles. The molecule has 122 valence electrons. The van der Waals surface area contributed by atoms with E-state index in [2.05, 4.69) is 10.6 Å². The van der Waals surface area contributed by atoms with E-state index in [1.807, 2.05) is 30.3 Å². The Kier molecular flexibility index (Phi) is 6.07. The van der Waals surface area contributed by atoms with Gasteiger partial charge in [-0.1, -0.05) is 30.3 Å². The van der Waals surface area contributed by atoms with Gasteiger partial charge >= 0.3 is 0 Å². The lowest BCUT2D eigenvalue weighted by Gasteiger charge is -2.40. The average molecular weight is 328 g/mol. The molecule has 0 unspecified atom stereocenters. The number of rotatable bonds is 4. The van der Waals surface area contributed by atoms with E-state index in [-0.39, 0.29) is 5.11 Å². The fourth-order valence-electron chi connectivity index (χ4n) is 2.18. The van der Waals surface area contributed by atoms with Gasteiger partial charge in [0.05, 0.1) is 6.61 Å². The van der Waals surface area contributed by atoms with Crippen molar-refractivity contribution in [3.05, 3.63) is 35.9 Å². The number of hydrogen-bond donors (Lipinski definition) is 6. The van der Waals surface area contributed by atoms with E-state index in [1.165, 1.54) is 0 Å². The summed E-state index contributed by atoms with van der Waals surface area (Å²) < 4.78 is 5.30. The van der Waals surface area contributed by atoms with Crippen molar-refractivity contribution in [1.29, 1.82) is 0 Å². The minimum atomic E-state index is -1.43. The molecule has 1 aromatic carbocycles. The summed E-state index contributed by atoms with van der Waals surface area (Å²) in [6.07, 6.45) is -6.17. The number of hydrogen-bond acceptors (Lipinski definition) is 6. The van der Waals surface area contributed by atoms with Gasteiger partial charge in [-0.15, -0.1) is 0 Å². The zero-order valence-corrected chi connectivity index (χ0v) is 12.6. The fourth-order valence-corrected chi connectivity index (χ4v) is 2.37. The maximum absolute atomic E-state index is 9.89. The Morgan fingerprint density at radius 3 is 2.41 bits per heavy atom. The van der Waals surface area contributed by atoms with Crippen LogP contribution in [0.1, 0.15) is 5.56 Å². The number of nitrogens with one attached hydrogen (secondary N) is 2. The zero-order chi connectivity index (χ0) is 16.1. The Hall–Kier alpha value is -1.29. The summed E-state index contributed by atoms with van der Waals surface area (Å²) in [6, 6.07) is 9.59. The molecule has 1 fully saturated rings. The summed E-state index contributed by atoms with van der Waals surface area (Å²) in [6.45, 7) is 0.0113. The van der Waals surface area contributed by atoms with Gasteiger partial charge < -0.3 is 35.8 Å². The number of ether oxygens (including phenoxy) is 1. The molecule has 1 aliphatic heterocycles. The van der Waals surface area contributed by atoms with Gasteiger partial charge in [-0.05, 0) is 17.8 Å². The summed E-state index contributed by atoms with van der Waals surface area (Å²) in [5.41, 5.74) is 1.03. The fraction of sp³-hybridized carbons (Fsp3) is 0.500. The van der Waals surface area contributed by atoms with Gasteiger partial charge in [-0.2, -0.15) is 0 Å². The normalized spacial score (nSPS) is 31.5. The topological polar surface area (TPSA) is 114 Å². The van der Waals surface area contributed by atoms with E-state index < -0.39 is 37.3 Å². The molecule has 5 atom stereocenters. The van der Waals surface area contributed by atoms with E-state index in [0.29, 0.717) is 6.54 Å². The van der Waals surface area contributed by atoms with Crippen molar-refractivity contribution in [3.63, 3.8) is 0 Å². The highest BCUT2D eigenvalue weighted by atomic mass is 32.1.